The lowest BCUT2D eigenvalue weighted by atomic mass is 9.76. The number of carbonyl (C=O) groups is 1. The van der Waals surface area contributed by atoms with Crippen LogP contribution in [0.15, 0.2) is 54.9 Å². The number of aromatic amines is 2. The summed E-state index contributed by atoms with van der Waals surface area (Å²) in [7, 11) is 0. The van der Waals surface area contributed by atoms with Gasteiger partial charge in [0.05, 0.1) is 28.7 Å². The Morgan fingerprint density at radius 3 is 2.78 bits per heavy atom. The summed E-state index contributed by atoms with van der Waals surface area (Å²) in [6.45, 7) is 9.99. The van der Waals surface area contributed by atoms with Crippen molar-refractivity contribution in [1.82, 2.24) is 15.2 Å². The molecular weight excluding hydrogens is 396 g/mol. The predicted molar refractivity (Wildman–Crippen MR) is 131 cm³/mol. The molecule has 1 aliphatic heterocycles. The van der Waals surface area contributed by atoms with E-state index in [0.29, 0.717) is 0 Å². The number of amides is 1. The zero-order valence-corrected chi connectivity index (χ0v) is 19.1. The van der Waals surface area contributed by atoms with Crippen LogP contribution in [0.25, 0.3) is 22.3 Å². The van der Waals surface area contributed by atoms with Gasteiger partial charge in [0.2, 0.25) is 5.91 Å². The highest BCUT2D eigenvalue weighted by Gasteiger charge is 2.49. The quantitative estimate of drug-likeness (QED) is 0.484. The fraction of sp³-hybridized carbons (Fsp3) is 0.333. The highest BCUT2D eigenvalue weighted by molar-refractivity contribution is 6.12. The minimum Gasteiger partial charge on any atom is -0.353 e. The number of aryl methyl sites for hydroxylation is 2. The number of H-pyrrole nitrogens is 2. The third kappa shape index (κ3) is 2.77. The number of anilines is 1. The van der Waals surface area contributed by atoms with Gasteiger partial charge in [-0.1, -0.05) is 38.7 Å². The monoisotopic (exact) mass is 426 g/mol. The molecule has 1 aliphatic carbocycles. The number of aromatic nitrogens is 3. The number of nitrogens with one attached hydrogen (secondary N) is 2. The lowest BCUT2D eigenvalue weighted by molar-refractivity contribution is -0.123. The minimum absolute atomic E-state index is 0.174. The normalized spacial score (nSPS) is 17.5. The van der Waals surface area contributed by atoms with Gasteiger partial charge < -0.3 is 4.98 Å². The molecule has 5 rings (SSSR count). The third-order valence-electron chi connectivity index (χ3n) is 7.38. The molecular formula is C27H30N4O. The maximum atomic E-state index is 13.8. The molecule has 0 unspecified atom stereocenters. The summed E-state index contributed by atoms with van der Waals surface area (Å²) in [6, 6.07) is 4.47. The van der Waals surface area contributed by atoms with Gasteiger partial charge in [0.1, 0.15) is 0 Å². The lowest BCUT2D eigenvalue weighted by Crippen LogP contribution is -2.38. The van der Waals surface area contributed by atoms with E-state index in [1.165, 1.54) is 16.5 Å². The molecule has 0 spiro atoms. The summed E-state index contributed by atoms with van der Waals surface area (Å²) >= 11 is 0. The molecule has 0 atom stereocenters. The van der Waals surface area contributed by atoms with E-state index in [9.17, 15) is 4.79 Å². The Morgan fingerprint density at radius 2 is 2.03 bits per heavy atom. The number of benzene rings is 1. The fourth-order valence-corrected chi connectivity index (χ4v) is 5.57. The van der Waals surface area contributed by atoms with E-state index in [-0.39, 0.29) is 5.91 Å². The number of fused-ring (bicyclic) bond motifs is 6. The van der Waals surface area contributed by atoms with Crippen LogP contribution < -0.4 is 4.90 Å². The van der Waals surface area contributed by atoms with Crippen LogP contribution in [0.4, 0.5) is 5.69 Å². The molecule has 32 heavy (non-hydrogen) atoms. The number of rotatable bonds is 5. The summed E-state index contributed by atoms with van der Waals surface area (Å²) < 4.78 is 0. The molecule has 0 saturated heterocycles. The number of allylic oxidation sites excluding steroid dienone is 5. The first-order valence-electron chi connectivity index (χ1n) is 11.6. The summed E-state index contributed by atoms with van der Waals surface area (Å²) in [5, 5.41) is 8.70. The largest absolute Gasteiger partial charge is 0.353 e. The Labute approximate surface area is 188 Å². The Kier molecular flexibility index (Phi) is 4.92. The van der Waals surface area contributed by atoms with Crippen LogP contribution in [0.3, 0.4) is 0 Å². The standard InChI is InChI=1S/C27H30N4O/c1-5-8-9-11-17(4)31-23-14-20-19-13-10-12-18-16-28-30-24(18)25(19)29-22(20)15-21(23)27(6-2,7-3)26(31)32/h5,8-9,11,14-16,29H,1,6-7,10,12-13H2,2-4H3,(H,28,30)/b9-8-,17-11+. The van der Waals surface area contributed by atoms with Gasteiger partial charge in [-0.05, 0) is 73.9 Å². The van der Waals surface area contributed by atoms with Gasteiger partial charge in [-0.3, -0.25) is 14.8 Å². The molecule has 1 aromatic carbocycles. The molecule has 0 saturated carbocycles. The van der Waals surface area contributed by atoms with Gasteiger partial charge in [0.25, 0.3) is 0 Å². The average molecular weight is 427 g/mol. The Balaban J connectivity index is 1.76. The van der Waals surface area contributed by atoms with Crippen LogP contribution in [-0.2, 0) is 23.1 Å². The number of nitrogens with zero attached hydrogens (tertiary/aromatic N) is 2. The summed E-state index contributed by atoms with van der Waals surface area (Å²) in [6.07, 6.45) is 14.2. The van der Waals surface area contributed by atoms with Crippen molar-refractivity contribution in [3.05, 3.63) is 71.6 Å². The number of hydrogen-bond donors (Lipinski definition) is 2. The number of carbonyl (C=O) groups excluding carboxylic acids is 1. The third-order valence-corrected chi connectivity index (χ3v) is 7.38. The van der Waals surface area contributed by atoms with Gasteiger partial charge in [0.15, 0.2) is 0 Å². The van der Waals surface area contributed by atoms with Gasteiger partial charge in [-0.25, -0.2) is 0 Å². The van der Waals surface area contributed by atoms with Crippen LogP contribution in [0.5, 0.6) is 0 Å². The molecule has 2 N–H and O–H groups in total. The number of hydrogen-bond acceptors (Lipinski definition) is 2. The lowest BCUT2D eigenvalue weighted by Gasteiger charge is -2.26. The van der Waals surface area contributed by atoms with Crippen LogP contribution in [-0.4, -0.2) is 21.1 Å². The molecule has 3 heterocycles. The van der Waals surface area contributed by atoms with E-state index in [0.717, 1.165) is 66.0 Å². The van der Waals surface area contributed by atoms with Crippen molar-refractivity contribution in [2.45, 2.75) is 58.3 Å². The van der Waals surface area contributed by atoms with E-state index >= 15 is 0 Å². The second-order valence-corrected chi connectivity index (χ2v) is 8.88. The van der Waals surface area contributed by atoms with Crippen LogP contribution >= 0.6 is 0 Å². The zero-order chi connectivity index (χ0) is 22.5. The van der Waals surface area contributed by atoms with Gasteiger partial charge in [-0.15, -0.1) is 0 Å². The van der Waals surface area contributed by atoms with Crippen molar-refractivity contribution in [3.63, 3.8) is 0 Å². The van der Waals surface area contributed by atoms with Crippen molar-refractivity contribution < 1.29 is 4.79 Å². The molecule has 0 radical (unpaired) electrons. The topological polar surface area (TPSA) is 64.8 Å². The van der Waals surface area contributed by atoms with Crippen molar-refractivity contribution in [2.75, 3.05) is 4.90 Å². The van der Waals surface area contributed by atoms with Crippen LogP contribution in [0.1, 0.15) is 56.7 Å². The minimum atomic E-state index is -0.498. The predicted octanol–water partition coefficient (Wildman–Crippen LogP) is 6.10. The van der Waals surface area contributed by atoms with E-state index in [2.05, 4.69) is 47.7 Å². The van der Waals surface area contributed by atoms with Gasteiger partial charge >= 0.3 is 0 Å². The molecule has 2 aliphatic rings. The maximum Gasteiger partial charge on any atom is 0.241 e. The molecule has 3 aromatic rings. The van der Waals surface area contributed by atoms with Crippen molar-refractivity contribution >= 4 is 22.5 Å². The molecule has 5 heteroatoms. The maximum absolute atomic E-state index is 13.8. The van der Waals surface area contributed by atoms with E-state index in [1.54, 1.807) is 6.08 Å². The molecule has 0 fully saturated rings. The van der Waals surface area contributed by atoms with Gasteiger partial charge in [-0.2, -0.15) is 5.10 Å². The Hall–Kier alpha value is -3.34. The fourth-order valence-electron chi connectivity index (χ4n) is 5.57. The molecule has 164 valence electrons. The van der Waals surface area contributed by atoms with E-state index in [4.69, 9.17) is 0 Å². The molecule has 5 nitrogen and oxygen atoms in total. The van der Waals surface area contributed by atoms with Gasteiger partial charge in [0, 0.05) is 16.6 Å². The van der Waals surface area contributed by atoms with Crippen molar-refractivity contribution in [2.24, 2.45) is 0 Å². The highest BCUT2D eigenvalue weighted by atomic mass is 16.2. The van der Waals surface area contributed by atoms with Crippen molar-refractivity contribution in [1.29, 1.82) is 0 Å². The SMILES string of the molecule is C=C/C=C\C=C(/C)N1C(=O)C(CC)(CC)c2cc3[nH]c4c(c3cc21)CCCc1cn[nH]c1-4. The molecule has 2 aromatic heterocycles. The van der Waals surface area contributed by atoms with E-state index < -0.39 is 5.41 Å². The smallest absolute Gasteiger partial charge is 0.241 e. The Morgan fingerprint density at radius 1 is 1.22 bits per heavy atom. The highest BCUT2D eigenvalue weighted by Crippen LogP contribution is 2.50. The Bertz CT molecular complexity index is 1280. The van der Waals surface area contributed by atoms with E-state index in [1.807, 2.05) is 36.2 Å². The first kappa shape index (κ1) is 20.6. The first-order valence-corrected chi connectivity index (χ1v) is 11.6. The van der Waals surface area contributed by atoms with Crippen LogP contribution in [0.2, 0.25) is 0 Å². The second kappa shape index (κ2) is 7.66. The first-order chi connectivity index (χ1) is 15.6. The molecule has 0 bridgehead atoms. The van der Waals surface area contributed by atoms with Crippen LogP contribution in [0, 0.1) is 0 Å². The summed E-state index contributed by atoms with van der Waals surface area (Å²) in [4.78, 5) is 19.4. The van der Waals surface area contributed by atoms with Crippen molar-refractivity contribution in [3.8, 4) is 11.4 Å². The average Bonchev–Trinajstić information content (AvgIpc) is 3.42. The second-order valence-electron chi connectivity index (χ2n) is 8.88. The zero-order valence-electron chi connectivity index (χ0n) is 19.1. The summed E-state index contributed by atoms with van der Waals surface area (Å²) in [5.74, 6) is 0.174. The molecule has 1 amide bonds. The summed E-state index contributed by atoms with van der Waals surface area (Å²) in [5.41, 5.74) is 8.50.